The third kappa shape index (κ3) is 4.07. The second-order valence-electron chi connectivity index (χ2n) is 6.58. The number of carbonyl (C=O) groups excluding carboxylic acids is 1. The van der Waals surface area contributed by atoms with Crippen molar-refractivity contribution in [3.05, 3.63) is 45.2 Å². The van der Waals surface area contributed by atoms with Crippen LogP contribution in [0.2, 0.25) is 0 Å². The molecule has 1 aromatic heterocycles. The summed E-state index contributed by atoms with van der Waals surface area (Å²) in [5, 5.41) is 12.3. The first-order valence-electron chi connectivity index (χ1n) is 9.13. The number of ether oxygens (including phenoxy) is 2. The SMILES string of the molecule is CCCn1c(C)cc(C=C(C#N)C(=O)Nc2cc3c(cc2Br)OCCO3)c1C. The van der Waals surface area contributed by atoms with Crippen LogP contribution in [0.3, 0.4) is 0 Å². The first-order chi connectivity index (χ1) is 13.4. The molecule has 146 valence electrons. The van der Waals surface area contributed by atoms with E-state index in [4.69, 9.17) is 9.47 Å². The number of amides is 1. The van der Waals surface area contributed by atoms with E-state index < -0.39 is 5.91 Å². The quantitative estimate of drug-likeness (QED) is 0.541. The fourth-order valence-electron chi connectivity index (χ4n) is 3.20. The van der Waals surface area contributed by atoms with Gasteiger partial charge in [0.2, 0.25) is 0 Å². The van der Waals surface area contributed by atoms with Crippen molar-refractivity contribution in [2.45, 2.75) is 33.7 Å². The van der Waals surface area contributed by atoms with Crippen molar-refractivity contribution >= 4 is 33.6 Å². The Balaban J connectivity index is 1.86. The van der Waals surface area contributed by atoms with Crippen LogP contribution in [-0.4, -0.2) is 23.7 Å². The van der Waals surface area contributed by atoms with Gasteiger partial charge in [-0.15, -0.1) is 0 Å². The summed E-state index contributed by atoms with van der Waals surface area (Å²) in [4.78, 5) is 12.7. The van der Waals surface area contributed by atoms with Crippen LogP contribution in [-0.2, 0) is 11.3 Å². The molecule has 1 N–H and O–H groups in total. The molecule has 2 heterocycles. The Labute approximate surface area is 172 Å². The Bertz CT molecular complexity index is 986. The third-order valence-electron chi connectivity index (χ3n) is 4.60. The second-order valence-corrected chi connectivity index (χ2v) is 7.43. The topological polar surface area (TPSA) is 76.3 Å². The number of benzene rings is 1. The Kier molecular flexibility index (Phi) is 6.10. The average Bonchev–Trinajstić information content (AvgIpc) is 2.94. The number of nitrogens with zero attached hydrogens (tertiary/aromatic N) is 2. The van der Waals surface area contributed by atoms with E-state index >= 15 is 0 Å². The first kappa shape index (κ1) is 20.0. The van der Waals surface area contributed by atoms with Crippen molar-refractivity contribution in [2.24, 2.45) is 0 Å². The molecule has 1 aliphatic heterocycles. The molecule has 0 saturated heterocycles. The van der Waals surface area contributed by atoms with Gasteiger partial charge in [0, 0.05) is 34.5 Å². The van der Waals surface area contributed by atoms with Crippen molar-refractivity contribution in [3.63, 3.8) is 0 Å². The van der Waals surface area contributed by atoms with E-state index in [0.717, 1.165) is 29.9 Å². The van der Waals surface area contributed by atoms with Gasteiger partial charge in [0.25, 0.3) is 5.91 Å². The van der Waals surface area contributed by atoms with Gasteiger partial charge < -0.3 is 19.4 Å². The summed E-state index contributed by atoms with van der Waals surface area (Å²) in [5.41, 5.74) is 3.59. The highest BCUT2D eigenvalue weighted by molar-refractivity contribution is 9.10. The molecule has 0 unspecified atom stereocenters. The molecule has 1 aromatic carbocycles. The van der Waals surface area contributed by atoms with E-state index in [1.165, 1.54) is 0 Å². The summed E-state index contributed by atoms with van der Waals surface area (Å²) < 4.78 is 13.9. The minimum atomic E-state index is -0.472. The third-order valence-corrected chi connectivity index (χ3v) is 5.26. The monoisotopic (exact) mass is 443 g/mol. The molecule has 0 fully saturated rings. The Hall–Kier alpha value is -2.72. The first-order valence-corrected chi connectivity index (χ1v) is 9.93. The molecule has 0 aliphatic carbocycles. The van der Waals surface area contributed by atoms with Gasteiger partial charge in [-0.3, -0.25) is 4.79 Å². The predicted octanol–water partition coefficient (Wildman–Crippen LogP) is 4.59. The van der Waals surface area contributed by atoms with E-state index in [1.807, 2.05) is 26.0 Å². The Morgan fingerprint density at radius 2 is 1.96 bits per heavy atom. The molecule has 0 spiro atoms. The highest BCUT2D eigenvalue weighted by Gasteiger charge is 2.18. The van der Waals surface area contributed by atoms with Crippen molar-refractivity contribution in [1.82, 2.24) is 4.57 Å². The smallest absolute Gasteiger partial charge is 0.266 e. The summed E-state index contributed by atoms with van der Waals surface area (Å²) in [7, 11) is 0. The van der Waals surface area contributed by atoms with E-state index in [2.05, 4.69) is 32.7 Å². The van der Waals surface area contributed by atoms with Crippen LogP contribution in [0.4, 0.5) is 5.69 Å². The molecule has 0 saturated carbocycles. The molecule has 28 heavy (non-hydrogen) atoms. The largest absolute Gasteiger partial charge is 0.486 e. The lowest BCUT2D eigenvalue weighted by atomic mass is 10.1. The van der Waals surface area contributed by atoms with Crippen LogP contribution >= 0.6 is 15.9 Å². The van der Waals surface area contributed by atoms with Crippen molar-refractivity contribution in [3.8, 4) is 17.6 Å². The Morgan fingerprint density at radius 1 is 1.29 bits per heavy atom. The van der Waals surface area contributed by atoms with Gasteiger partial charge in [-0.05, 0) is 53.9 Å². The van der Waals surface area contributed by atoms with Crippen LogP contribution in [0.1, 0.15) is 30.3 Å². The number of halogens is 1. The highest BCUT2D eigenvalue weighted by Crippen LogP contribution is 2.38. The van der Waals surface area contributed by atoms with Gasteiger partial charge in [-0.1, -0.05) is 6.92 Å². The molecule has 2 aromatic rings. The molecular weight excluding hydrogens is 422 g/mol. The molecule has 0 radical (unpaired) electrons. The number of aromatic nitrogens is 1. The maximum Gasteiger partial charge on any atom is 0.266 e. The average molecular weight is 444 g/mol. The molecule has 1 aliphatic rings. The van der Waals surface area contributed by atoms with Gasteiger partial charge in [-0.2, -0.15) is 5.26 Å². The van der Waals surface area contributed by atoms with Crippen molar-refractivity contribution in [2.75, 3.05) is 18.5 Å². The van der Waals surface area contributed by atoms with Crippen molar-refractivity contribution in [1.29, 1.82) is 5.26 Å². The molecule has 7 heteroatoms. The number of anilines is 1. The number of nitrogens with one attached hydrogen (secondary N) is 1. The van der Waals surface area contributed by atoms with Crippen LogP contribution in [0.15, 0.2) is 28.2 Å². The lowest BCUT2D eigenvalue weighted by Crippen LogP contribution is -2.17. The highest BCUT2D eigenvalue weighted by atomic mass is 79.9. The Morgan fingerprint density at radius 3 is 2.61 bits per heavy atom. The summed E-state index contributed by atoms with van der Waals surface area (Å²) in [6.45, 7) is 8.00. The fraction of sp³-hybridized carbons (Fsp3) is 0.333. The van der Waals surface area contributed by atoms with E-state index in [-0.39, 0.29) is 5.57 Å². The minimum absolute atomic E-state index is 0.0403. The summed E-state index contributed by atoms with van der Waals surface area (Å²) in [6.07, 6.45) is 2.65. The van der Waals surface area contributed by atoms with Crippen molar-refractivity contribution < 1.29 is 14.3 Å². The molecule has 0 atom stereocenters. The number of rotatable bonds is 5. The summed E-state index contributed by atoms with van der Waals surface area (Å²) in [6, 6.07) is 7.45. The summed E-state index contributed by atoms with van der Waals surface area (Å²) >= 11 is 3.43. The molecular formula is C21H22BrN3O3. The van der Waals surface area contributed by atoms with Crippen LogP contribution < -0.4 is 14.8 Å². The van der Waals surface area contributed by atoms with E-state index in [0.29, 0.717) is 34.9 Å². The number of nitriles is 1. The maximum absolute atomic E-state index is 12.7. The van der Waals surface area contributed by atoms with Gasteiger partial charge >= 0.3 is 0 Å². The van der Waals surface area contributed by atoms with Gasteiger partial charge in [0.05, 0.1) is 5.69 Å². The second kappa shape index (κ2) is 8.53. The molecule has 1 amide bonds. The number of aryl methyl sites for hydroxylation is 1. The summed E-state index contributed by atoms with van der Waals surface area (Å²) in [5.74, 6) is 0.714. The van der Waals surface area contributed by atoms with Crippen LogP contribution in [0.5, 0.6) is 11.5 Å². The van der Waals surface area contributed by atoms with Gasteiger partial charge in [-0.25, -0.2) is 0 Å². The number of hydrogen-bond acceptors (Lipinski definition) is 4. The van der Waals surface area contributed by atoms with E-state index in [1.54, 1.807) is 18.2 Å². The normalized spacial score (nSPS) is 13.2. The zero-order valence-electron chi connectivity index (χ0n) is 16.1. The fourth-order valence-corrected chi connectivity index (χ4v) is 3.62. The lowest BCUT2D eigenvalue weighted by molar-refractivity contribution is -0.112. The van der Waals surface area contributed by atoms with Crippen LogP contribution in [0.25, 0.3) is 6.08 Å². The maximum atomic E-state index is 12.7. The standard InChI is InChI=1S/C21H22BrN3O3/c1-4-5-25-13(2)8-15(14(25)3)9-16(12-23)21(26)24-18-11-20-19(10-17(18)22)27-6-7-28-20/h8-11H,4-7H2,1-3H3,(H,24,26). The zero-order chi connectivity index (χ0) is 20.3. The number of hydrogen-bond donors (Lipinski definition) is 1. The van der Waals surface area contributed by atoms with Gasteiger partial charge in [0.15, 0.2) is 11.5 Å². The molecule has 3 rings (SSSR count). The number of fused-ring (bicyclic) bond motifs is 1. The minimum Gasteiger partial charge on any atom is -0.486 e. The molecule has 6 nitrogen and oxygen atoms in total. The zero-order valence-corrected chi connectivity index (χ0v) is 17.7. The predicted molar refractivity (Wildman–Crippen MR) is 112 cm³/mol. The van der Waals surface area contributed by atoms with Crippen LogP contribution in [0, 0.1) is 25.2 Å². The molecule has 0 bridgehead atoms. The van der Waals surface area contributed by atoms with Gasteiger partial charge in [0.1, 0.15) is 24.9 Å². The number of carbonyl (C=O) groups is 1. The van der Waals surface area contributed by atoms with E-state index in [9.17, 15) is 10.1 Å². The lowest BCUT2D eigenvalue weighted by Gasteiger charge is -2.20.